The van der Waals surface area contributed by atoms with Crippen molar-refractivity contribution in [2.45, 2.75) is 39.2 Å². The number of rotatable bonds is 5. The molecular weight excluding hydrogens is 200 g/mol. The van der Waals surface area contributed by atoms with Gasteiger partial charge < -0.3 is 16.2 Å². The second kappa shape index (κ2) is 5.21. The molecule has 3 nitrogen and oxygen atoms in total. The molecule has 0 aliphatic carbocycles. The van der Waals surface area contributed by atoms with Crippen molar-refractivity contribution < 1.29 is 5.11 Å². The molecule has 0 radical (unpaired) electrons. The lowest BCUT2D eigenvalue weighted by Crippen LogP contribution is -2.35. The molecule has 1 aromatic carbocycles. The van der Waals surface area contributed by atoms with E-state index in [0.29, 0.717) is 6.54 Å². The van der Waals surface area contributed by atoms with Crippen molar-refractivity contribution in [3.8, 4) is 0 Å². The summed E-state index contributed by atoms with van der Waals surface area (Å²) in [7, 11) is 0. The first-order valence-electron chi connectivity index (χ1n) is 5.83. The zero-order valence-corrected chi connectivity index (χ0v) is 10.4. The van der Waals surface area contributed by atoms with Crippen LogP contribution in [0.25, 0.3) is 0 Å². The molecule has 3 heteroatoms. The number of hydrogen-bond acceptors (Lipinski definition) is 3. The molecular formula is C13H22N2O. The summed E-state index contributed by atoms with van der Waals surface area (Å²) in [4.78, 5) is 0. The predicted molar refractivity (Wildman–Crippen MR) is 69.6 cm³/mol. The Kier molecular flexibility index (Phi) is 4.19. The van der Waals surface area contributed by atoms with E-state index in [0.717, 1.165) is 29.8 Å². The zero-order valence-electron chi connectivity index (χ0n) is 10.4. The minimum absolute atomic E-state index is 0.537. The van der Waals surface area contributed by atoms with E-state index in [4.69, 9.17) is 5.73 Å². The summed E-state index contributed by atoms with van der Waals surface area (Å²) >= 11 is 0. The maximum atomic E-state index is 10.2. The van der Waals surface area contributed by atoms with Gasteiger partial charge in [0.05, 0.1) is 17.0 Å². The lowest BCUT2D eigenvalue weighted by molar-refractivity contribution is 0.0457. The van der Waals surface area contributed by atoms with Gasteiger partial charge in [-0.2, -0.15) is 0 Å². The highest BCUT2D eigenvalue weighted by atomic mass is 16.3. The van der Waals surface area contributed by atoms with Crippen molar-refractivity contribution in [2.75, 3.05) is 17.6 Å². The highest BCUT2D eigenvalue weighted by Gasteiger charge is 2.22. The average Bonchev–Trinajstić information content (AvgIpc) is 2.28. The van der Waals surface area contributed by atoms with E-state index < -0.39 is 5.60 Å². The van der Waals surface area contributed by atoms with E-state index in [1.807, 2.05) is 39.0 Å². The Morgan fingerprint density at radius 2 is 1.94 bits per heavy atom. The van der Waals surface area contributed by atoms with Crippen molar-refractivity contribution in [2.24, 2.45) is 0 Å². The van der Waals surface area contributed by atoms with Crippen molar-refractivity contribution >= 4 is 11.4 Å². The molecule has 0 aliphatic rings. The lowest BCUT2D eigenvalue weighted by atomic mass is 9.97. The van der Waals surface area contributed by atoms with Gasteiger partial charge in [-0.05, 0) is 31.4 Å². The molecule has 0 heterocycles. The smallest absolute Gasteiger partial charge is 0.0814 e. The quantitative estimate of drug-likeness (QED) is 0.671. The second-order valence-electron chi connectivity index (χ2n) is 4.32. The summed E-state index contributed by atoms with van der Waals surface area (Å²) in [5.41, 5.74) is 8.02. The Labute approximate surface area is 97.7 Å². The Morgan fingerprint density at radius 1 is 1.31 bits per heavy atom. The number of anilines is 2. The highest BCUT2D eigenvalue weighted by molar-refractivity contribution is 5.69. The van der Waals surface area contributed by atoms with Gasteiger partial charge in [-0.25, -0.2) is 0 Å². The second-order valence-corrected chi connectivity index (χ2v) is 4.32. The fraction of sp³-hybridized carbons (Fsp3) is 0.538. The molecule has 0 atom stereocenters. The van der Waals surface area contributed by atoms with Gasteiger partial charge in [-0.3, -0.25) is 0 Å². The van der Waals surface area contributed by atoms with Gasteiger partial charge >= 0.3 is 0 Å². The first kappa shape index (κ1) is 12.8. The maximum Gasteiger partial charge on any atom is 0.0814 e. The van der Waals surface area contributed by atoms with Crippen molar-refractivity contribution in [3.05, 3.63) is 23.8 Å². The van der Waals surface area contributed by atoms with Crippen LogP contribution in [0.4, 0.5) is 11.4 Å². The Balaban J connectivity index is 2.75. The molecule has 0 unspecified atom stereocenters. The van der Waals surface area contributed by atoms with Crippen LogP contribution >= 0.6 is 0 Å². The third kappa shape index (κ3) is 2.89. The topological polar surface area (TPSA) is 58.3 Å². The molecule has 4 N–H and O–H groups in total. The minimum Gasteiger partial charge on any atom is -0.397 e. The lowest BCUT2D eigenvalue weighted by Gasteiger charge is -2.26. The van der Waals surface area contributed by atoms with Crippen LogP contribution in [0.5, 0.6) is 0 Å². The van der Waals surface area contributed by atoms with Gasteiger partial charge in [0, 0.05) is 6.54 Å². The van der Waals surface area contributed by atoms with Crippen molar-refractivity contribution in [1.82, 2.24) is 0 Å². The number of para-hydroxylation sites is 1. The third-order valence-corrected chi connectivity index (χ3v) is 3.22. The van der Waals surface area contributed by atoms with E-state index in [1.165, 1.54) is 0 Å². The predicted octanol–water partition coefficient (Wildman–Crippen LogP) is 2.54. The largest absolute Gasteiger partial charge is 0.397 e. The molecule has 0 saturated heterocycles. The van der Waals surface area contributed by atoms with Gasteiger partial charge in [-0.1, -0.05) is 26.0 Å². The normalized spacial score (nSPS) is 11.5. The van der Waals surface area contributed by atoms with E-state index in [9.17, 15) is 5.11 Å². The van der Waals surface area contributed by atoms with Crippen LogP contribution in [-0.2, 0) is 0 Å². The summed E-state index contributed by atoms with van der Waals surface area (Å²) in [6, 6.07) is 5.81. The molecule has 90 valence electrons. The molecule has 1 aromatic rings. The maximum absolute atomic E-state index is 10.2. The SMILES string of the molecule is CCC(O)(CC)CNc1c(C)cccc1N. The third-order valence-electron chi connectivity index (χ3n) is 3.22. The van der Waals surface area contributed by atoms with Crippen LogP contribution in [0, 0.1) is 6.92 Å². The van der Waals surface area contributed by atoms with Crippen molar-refractivity contribution in [3.63, 3.8) is 0 Å². The molecule has 0 spiro atoms. The molecule has 16 heavy (non-hydrogen) atoms. The van der Waals surface area contributed by atoms with E-state index in [1.54, 1.807) is 0 Å². The highest BCUT2D eigenvalue weighted by Crippen LogP contribution is 2.24. The molecule has 0 aliphatic heterocycles. The fourth-order valence-electron chi connectivity index (χ4n) is 1.68. The van der Waals surface area contributed by atoms with Crippen LogP contribution in [0.15, 0.2) is 18.2 Å². The molecule has 0 aromatic heterocycles. The number of nitrogen functional groups attached to an aromatic ring is 1. The summed E-state index contributed by atoms with van der Waals surface area (Å²) in [6.07, 6.45) is 1.48. The Morgan fingerprint density at radius 3 is 2.44 bits per heavy atom. The molecule has 1 rings (SSSR count). The summed E-state index contributed by atoms with van der Waals surface area (Å²) in [5, 5.41) is 13.4. The summed E-state index contributed by atoms with van der Waals surface area (Å²) < 4.78 is 0. The van der Waals surface area contributed by atoms with Crippen LogP contribution in [0.3, 0.4) is 0 Å². The molecule has 0 amide bonds. The van der Waals surface area contributed by atoms with Gasteiger partial charge in [0.2, 0.25) is 0 Å². The number of nitrogens with two attached hydrogens (primary N) is 1. The Bertz CT molecular complexity index is 326. The van der Waals surface area contributed by atoms with Gasteiger partial charge in [0.15, 0.2) is 0 Å². The first-order chi connectivity index (χ1) is 7.52. The van der Waals surface area contributed by atoms with E-state index in [2.05, 4.69) is 5.32 Å². The van der Waals surface area contributed by atoms with Crippen molar-refractivity contribution in [1.29, 1.82) is 0 Å². The fourth-order valence-corrected chi connectivity index (χ4v) is 1.68. The summed E-state index contributed by atoms with van der Waals surface area (Å²) in [5.74, 6) is 0. The minimum atomic E-state index is -0.644. The number of aryl methyl sites for hydroxylation is 1. The summed E-state index contributed by atoms with van der Waals surface area (Å²) in [6.45, 7) is 6.53. The number of benzene rings is 1. The van der Waals surface area contributed by atoms with Crippen LogP contribution in [0.2, 0.25) is 0 Å². The van der Waals surface area contributed by atoms with Gasteiger partial charge in [-0.15, -0.1) is 0 Å². The van der Waals surface area contributed by atoms with Gasteiger partial charge in [0.1, 0.15) is 0 Å². The molecule has 0 fully saturated rings. The number of hydrogen-bond donors (Lipinski definition) is 3. The van der Waals surface area contributed by atoms with Gasteiger partial charge in [0.25, 0.3) is 0 Å². The van der Waals surface area contributed by atoms with Crippen LogP contribution in [-0.4, -0.2) is 17.3 Å². The van der Waals surface area contributed by atoms with E-state index in [-0.39, 0.29) is 0 Å². The monoisotopic (exact) mass is 222 g/mol. The standard InChI is InChI=1S/C13H22N2O/c1-4-13(16,5-2)9-15-12-10(3)7-6-8-11(12)14/h6-8,15-16H,4-5,9,14H2,1-3H3. The first-order valence-corrected chi connectivity index (χ1v) is 5.83. The zero-order chi connectivity index (χ0) is 12.2. The number of nitrogens with one attached hydrogen (secondary N) is 1. The Hall–Kier alpha value is -1.22. The number of aliphatic hydroxyl groups is 1. The van der Waals surface area contributed by atoms with Crippen LogP contribution < -0.4 is 11.1 Å². The van der Waals surface area contributed by atoms with E-state index >= 15 is 0 Å². The van der Waals surface area contributed by atoms with Crippen LogP contribution in [0.1, 0.15) is 32.3 Å². The molecule has 0 bridgehead atoms. The average molecular weight is 222 g/mol. The molecule has 0 saturated carbocycles.